The second kappa shape index (κ2) is 6.66. The van der Waals surface area contributed by atoms with Crippen molar-refractivity contribution in [1.82, 2.24) is 4.90 Å². The zero-order chi connectivity index (χ0) is 14.7. The molecule has 0 radical (unpaired) electrons. The molecule has 20 heavy (non-hydrogen) atoms. The summed E-state index contributed by atoms with van der Waals surface area (Å²) in [5.41, 5.74) is 0.714. The molecule has 2 aliphatic rings. The molecule has 0 spiro atoms. The first-order valence-electron chi connectivity index (χ1n) is 6.56. The van der Waals surface area contributed by atoms with Crippen LogP contribution < -0.4 is 0 Å². The predicted octanol–water partition coefficient (Wildman–Crippen LogP) is 3.06. The zero-order valence-electron chi connectivity index (χ0n) is 10.8. The first kappa shape index (κ1) is 15.4. The molecule has 3 rings (SSSR count). The summed E-state index contributed by atoms with van der Waals surface area (Å²) in [7, 11) is 0. The van der Waals surface area contributed by atoms with Gasteiger partial charge in [0, 0.05) is 12.5 Å². The Morgan fingerprint density at radius 3 is 2.55 bits per heavy atom. The molecule has 2 atom stereocenters. The van der Waals surface area contributed by atoms with E-state index in [1.807, 2.05) is 4.90 Å². The van der Waals surface area contributed by atoms with Crippen LogP contribution in [0.2, 0.25) is 0 Å². The molecule has 0 bridgehead atoms. The standard InChI is InChI=1S/C14H15F2NO.O.Pt/c15-11-6-4-9(8-12(11)16)13-7-5-10-2-1-3-14(18)17(10)13;;/h4,6,8,10,13H,1-3,5,7H2;;/t10-,13+;;/m1../s1. The molecule has 0 unspecified atom stereocenters. The normalized spacial score (nSPS) is 25.0. The molecular weight excluding hydrogens is 447 g/mol. The summed E-state index contributed by atoms with van der Waals surface area (Å²) < 4.78 is 34.4. The van der Waals surface area contributed by atoms with Gasteiger partial charge in [0.15, 0.2) is 11.6 Å². The van der Waals surface area contributed by atoms with E-state index in [2.05, 4.69) is 0 Å². The van der Waals surface area contributed by atoms with Gasteiger partial charge >= 0.3 is 23.2 Å². The van der Waals surface area contributed by atoms with Gasteiger partial charge < -0.3 is 4.90 Å². The van der Waals surface area contributed by atoms with Gasteiger partial charge in [0.2, 0.25) is 5.91 Å². The van der Waals surface area contributed by atoms with Crippen LogP contribution in [0, 0.1) is 11.6 Å². The monoisotopic (exact) mass is 462 g/mol. The molecule has 1 aromatic carbocycles. The summed E-state index contributed by atoms with van der Waals surface area (Å²) >= 11 is 0.889. The van der Waals surface area contributed by atoms with Crippen LogP contribution in [0.5, 0.6) is 0 Å². The Morgan fingerprint density at radius 2 is 1.85 bits per heavy atom. The molecule has 1 amide bonds. The third-order valence-corrected chi connectivity index (χ3v) is 4.05. The fourth-order valence-corrected chi connectivity index (χ4v) is 3.21. The maximum absolute atomic E-state index is 13.3. The molecule has 112 valence electrons. The number of fused-ring (bicyclic) bond motifs is 1. The van der Waals surface area contributed by atoms with Crippen molar-refractivity contribution < 1.29 is 36.8 Å². The number of nitrogens with zero attached hydrogens (tertiary/aromatic N) is 1. The molecule has 1 aromatic rings. The summed E-state index contributed by atoms with van der Waals surface area (Å²) in [6, 6.07) is 4.19. The van der Waals surface area contributed by atoms with Crippen LogP contribution in [-0.4, -0.2) is 16.8 Å². The van der Waals surface area contributed by atoms with Crippen molar-refractivity contribution in [1.29, 1.82) is 0 Å². The van der Waals surface area contributed by atoms with Gasteiger partial charge in [-0.15, -0.1) is 0 Å². The Kier molecular flexibility index (Phi) is 5.14. The number of hydrogen-bond donors (Lipinski definition) is 0. The minimum absolute atomic E-state index is 0.0714. The van der Waals surface area contributed by atoms with Crippen LogP contribution in [0.15, 0.2) is 18.2 Å². The van der Waals surface area contributed by atoms with Crippen LogP contribution in [0.4, 0.5) is 8.78 Å². The van der Waals surface area contributed by atoms with E-state index in [-0.39, 0.29) is 11.9 Å². The maximum atomic E-state index is 13.3. The van der Waals surface area contributed by atoms with Gasteiger partial charge in [0.1, 0.15) is 0 Å². The second-order valence-corrected chi connectivity index (χ2v) is 5.11. The average Bonchev–Trinajstić information content (AvgIpc) is 2.89. The predicted molar refractivity (Wildman–Crippen MR) is 63.5 cm³/mol. The first-order valence-corrected chi connectivity index (χ1v) is 7.48. The Labute approximate surface area is 127 Å². The van der Waals surface area contributed by atoms with Crippen LogP contribution >= 0.6 is 0 Å². The topological polar surface area (TPSA) is 37.4 Å². The van der Waals surface area contributed by atoms with E-state index in [1.165, 1.54) is 6.07 Å². The summed E-state index contributed by atoms with van der Waals surface area (Å²) in [5, 5.41) is 0. The van der Waals surface area contributed by atoms with Crippen molar-refractivity contribution in [2.45, 2.75) is 44.2 Å². The number of piperidine rings is 1. The first-order chi connectivity index (χ1) is 9.66. The molecule has 2 aliphatic heterocycles. The zero-order valence-corrected chi connectivity index (χ0v) is 13.0. The molecule has 2 heterocycles. The van der Waals surface area contributed by atoms with Gasteiger partial charge in [-0.3, -0.25) is 4.79 Å². The molecule has 0 N–H and O–H groups in total. The van der Waals surface area contributed by atoms with Gasteiger partial charge in [-0.1, -0.05) is 6.07 Å². The second-order valence-electron chi connectivity index (χ2n) is 5.11. The van der Waals surface area contributed by atoms with Gasteiger partial charge in [0.25, 0.3) is 0 Å². The molecule has 3 nitrogen and oxygen atoms in total. The van der Waals surface area contributed by atoms with E-state index < -0.39 is 11.6 Å². The van der Waals surface area contributed by atoms with Gasteiger partial charge in [-0.05, 0) is 43.4 Å². The summed E-state index contributed by atoms with van der Waals surface area (Å²) in [6.45, 7) is 0. The van der Waals surface area contributed by atoms with Crippen LogP contribution in [-0.2, 0) is 28.0 Å². The number of carbonyl (C=O) groups excluding carboxylic acids is 1. The fraction of sp³-hybridized carbons (Fsp3) is 0.500. The van der Waals surface area contributed by atoms with Crippen molar-refractivity contribution in [3.8, 4) is 0 Å². The van der Waals surface area contributed by atoms with E-state index in [0.717, 1.165) is 51.5 Å². The number of halogens is 2. The Hall–Kier alpha value is -0.962. The average molecular weight is 462 g/mol. The van der Waals surface area contributed by atoms with Crippen molar-refractivity contribution in [2.24, 2.45) is 0 Å². The number of rotatable bonds is 1. The van der Waals surface area contributed by atoms with Crippen molar-refractivity contribution in [2.75, 3.05) is 0 Å². The Morgan fingerprint density at radius 1 is 1.10 bits per heavy atom. The van der Waals surface area contributed by atoms with Crippen LogP contribution in [0.1, 0.15) is 43.7 Å². The third kappa shape index (κ3) is 2.88. The fourth-order valence-electron chi connectivity index (χ4n) is 3.21. The molecule has 2 saturated heterocycles. The van der Waals surface area contributed by atoms with Crippen LogP contribution in [0.3, 0.4) is 0 Å². The number of hydrogen-bond acceptors (Lipinski definition) is 2. The summed E-state index contributed by atoms with van der Waals surface area (Å²) in [6.07, 6.45) is 4.38. The summed E-state index contributed by atoms with van der Waals surface area (Å²) in [4.78, 5) is 13.9. The van der Waals surface area contributed by atoms with Gasteiger partial charge in [-0.25, -0.2) is 8.78 Å². The molecule has 2 fully saturated rings. The third-order valence-electron chi connectivity index (χ3n) is 4.05. The molecule has 0 aromatic heterocycles. The molecule has 0 saturated carbocycles. The van der Waals surface area contributed by atoms with Gasteiger partial charge in [-0.2, -0.15) is 0 Å². The SMILES string of the molecule is O=C1CCC[C@@H]2CC[C@@H](c3ccc(F)c(F)c3)N12.[O]=[Pt]. The van der Waals surface area contributed by atoms with E-state index >= 15 is 0 Å². The van der Waals surface area contributed by atoms with Crippen molar-refractivity contribution in [3.63, 3.8) is 0 Å². The quantitative estimate of drug-likeness (QED) is 0.644. The number of carbonyl (C=O) groups is 1. The van der Waals surface area contributed by atoms with Crippen molar-refractivity contribution >= 4 is 5.91 Å². The summed E-state index contributed by atoms with van der Waals surface area (Å²) in [5.74, 6) is -1.52. The minimum atomic E-state index is -0.835. The Balaban J connectivity index is 0.000000704. The number of benzene rings is 1. The van der Waals surface area contributed by atoms with E-state index in [4.69, 9.17) is 3.40 Å². The Bertz CT molecular complexity index is 512. The van der Waals surface area contributed by atoms with Crippen LogP contribution in [0.25, 0.3) is 0 Å². The van der Waals surface area contributed by atoms with E-state index in [9.17, 15) is 13.6 Å². The molecular formula is C14H15F2NO2Pt. The number of amides is 1. The van der Waals surface area contributed by atoms with E-state index in [1.54, 1.807) is 6.07 Å². The van der Waals surface area contributed by atoms with Crippen molar-refractivity contribution in [3.05, 3.63) is 35.4 Å². The molecule has 0 aliphatic carbocycles. The van der Waals surface area contributed by atoms with E-state index in [0.29, 0.717) is 18.0 Å². The molecule has 6 heteroatoms. The van der Waals surface area contributed by atoms with Gasteiger partial charge in [0.05, 0.1) is 6.04 Å².